The van der Waals surface area contributed by atoms with E-state index < -0.39 is 0 Å². The summed E-state index contributed by atoms with van der Waals surface area (Å²) in [5.74, 6) is 0. The lowest BCUT2D eigenvalue weighted by Crippen LogP contribution is -2.16. The Kier molecular flexibility index (Phi) is 5.20. The van der Waals surface area contributed by atoms with Crippen molar-refractivity contribution in [2.75, 3.05) is 6.54 Å². The van der Waals surface area contributed by atoms with Gasteiger partial charge in [-0.1, -0.05) is 35.9 Å². The maximum atomic E-state index is 8.95. The molecule has 0 atom stereocenters. The van der Waals surface area contributed by atoms with Crippen LogP contribution in [0.15, 0.2) is 36.4 Å². The molecule has 0 spiro atoms. The maximum Gasteiger partial charge on any atom is 0.0931 e. The number of hydrogen-bond acceptors (Lipinski definition) is 3. The number of rotatable bonds is 6. The van der Waals surface area contributed by atoms with Crippen molar-refractivity contribution in [3.63, 3.8) is 0 Å². The van der Waals surface area contributed by atoms with Crippen LogP contribution in [0.2, 0.25) is 4.34 Å². The number of benzene rings is 1. The van der Waals surface area contributed by atoms with Gasteiger partial charge in [0.25, 0.3) is 0 Å². The summed E-state index contributed by atoms with van der Waals surface area (Å²) in [6.45, 7) is 1.90. The van der Waals surface area contributed by atoms with Crippen molar-refractivity contribution in [2.24, 2.45) is 0 Å². The van der Waals surface area contributed by atoms with Crippen LogP contribution in [-0.4, -0.2) is 11.7 Å². The molecule has 1 aromatic carbocycles. The molecular weight excluding hydrogens is 266 g/mol. The molecule has 0 fully saturated rings. The highest BCUT2D eigenvalue weighted by Gasteiger charge is 1.98. The van der Waals surface area contributed by atoms with Crippen LogP contribution in [0.4, 0.5) is 0 Å². The van der Waals surface area contributed by atoms with Crippen molar-refractivity contribution >= 4 is 22.9 Å². The van der Waals surface area contributed by atoms with Gasteiger partial charge < -0.3 is 10.4 Å². The van der Waals surface area contributed by atoms with E-state index in [-0.39, 0.29) is 6.61 Å². The fraction of sp³-hybridized carbons (Fsp3) is 0.286. The van der Waals surface area contributed by atoms with Gasteiger partial charge in [0, 0.05) is 18.0 Å². The van der Waals surface area contributed by atoms with Crippen molar-refractivity contribution < 1.29 is 5.11 Å². The van der Waals surface area contributed by atoms with Crippen molar-refractivity contribution in [1.82, 2.24) is 5.32 Å². The summed E-state index contributed by atoms with van der Waals surface area (Å²) >= 11 is 7.51. The molecule has 2 nitrogen and oxygen atoms in total. The minimum atomic E-state index is 0.104. The van der Waals surface area contributed by atoms with E-state index in [1.54, 1.807) is 11.3 Å². The van der Waals surface area contributed by atoms with Crippen molar-refractivity contribution in [1.29, 1.82) is 0 Å². The molecule has 0 aliphatic carbocycles. The number of aliphatic hydroxyl groups is 1. The Morgan fingerprint density at radius 2 is 1.78 bits per heavy atom. The second kappa shape index (κ2) is 6.90. The van der Waals surface area contributed by atoms with Crippen LogP contribution in [0.3, 0.4) is 0 Å². The van der Waals surface area contributed by atoms with Crippen molar-refractivity contribution in [3.8, 4) is 0 Å². The third kappa shape index (κ3) is 4.10. The van der Waals surface area contributed by atoms with Crippen molar-refractivity contribution in [2.45, 2.75) is 19.6 Å². The standard InChI is InChI=1S/C14H16ClNOS/c15-14-6-5-13(18-14)7-8-16-9-11-1-3-12(10-17)4-2-11/h1-6,16-17H,7-10H2. The van der Waals surface area contributed by atoms with E-state index in [0.29, 0.717) is 0 Å². The van der Waals surface area contributed by atoms with Gasteiger partial charge in [-0.05, 0) is 29.7 Å². The molecule has 0 aliphatic rings. The Balaban J connectivity index is 1.71. The Bertz CT molecular complexity index is 481. The van der Waals surface area contributed by atoms with Crippen LogP contribution < -0.4 is 5.32 Å². The number of thiophene rings is 1. The average molecular weight is 282 g/mol. The molecule has 0 aliphatic heterocycles. The molecule has 1 aromatic heterocycles. The van der Waals surface area contributed by atoms with E-state index in [2.05, 4.69) is 11.4 Å². The molecule has 1 heterocycles. The lowest BCUT2D eigenvalue weighted by atomic mass is 10.1. The van der Waals surface area contributed by atoms with Gasteiger partial charge in [-0.3, -0.25) is 0 Å². The predicted octanol–water partition coefficient (Wildman–Crippen LogP) is 3.23. The van der Waals surface area contributed by atoms with E-state index in [1.165, 1.54) is 10.4 Å². The highest BCUT2D eigenvalue weighted by Crippen LogP contribution is 2.21. The average Bonchev–Trinajstić information content (AvgIpc) is 2.81. The van der Waals surface area contributed by atoms with Gasteiger partial charge in [-0.2, -0.15) is 0 Å². The molecule has 0 bridgehead atoms. The quantitative estimate of drug-likeness (QED) is 0.797. The first-order chi connectivity index (χ1) is 8.78. The SMILES string of the molecule is OCc1ccc(CNCCc2ccc(Cl)s2)cc1. The summed E-state index contributed by atoms with van der Waals surface area (Å²) in [7, 11) is 0. The minimum Gasteiger partial charge on any atom is -0.392 e. The lowest BCUT2D eigenvalue weighted by molar-refractivity contribution is 0.282. The third-order valence-corrected chi connectivity index (χ3v) is 4.00. The van der Waals surface area contributed by atoms with Crippen LogP contribution in [0.1, 0.15) is 16.0 Å². The van der Waals surface area contributed by atoms with Gasteiger partial charge >= 0.3 is 0 Å². The molecule has 0 amide bonds. The first kappa shape index (κ1) is 13.6. The van der Waals surface area contributed by atoms with Crippen molar-refractivity contribution in [3.05, 3.63) is 56.7 Å². The topological polar surface area (TPSA) is 32.3 Å². The molecule has 96 valence electrons. The zero-order chi connectivity index (χ0) is 12.8. The van der Waals surface area contributed by atoms with Gasteiger partial charge in [0.2, 0.25) is 0 Å². The highest BCUT2D eigenvalue weighted by atomic mass is 35.5. The van der Waals surface area contributed by atoms with Gasteiger partial charge in [0.1, 0.15) is 0 Å². The Hall–Kier alpha value is -0.870. The van der Waals surface area contributed by atoms with Crippen LogP contribution >= 0.6 is 22.9 Å². The van der Waals surface area contributed by atoms with E-state index in [0.717, 1.165) is 29.4 Å². The van der Waals surface area contributed by atoms with E-state index >= 15 is 0 Å². The summed E-state index contributed by atoms with van der Waals surface area (Å²) in [6.07, 6.45) is 1.01. The number of hydrogen-bond donors (Lipinski definition) is 2. The zero-order valence-electron chi connectivity index (χ0n) is 10.0. The Labute approximate surface area is 116 Å². The largest absolute Gasteiger partial charge is 0.392 e. The normalized spacial score (nSPS) is 10.8. The molecular formula is C14H16ClNOS. The van der Waals surface area contributed by atoms with E-state index in [1.807, 2.05) is 30.3 Å². The van der Waals surface area contributed by atoms with Crippen LogP contribution in [0.25, 0.3) is 0 Å². The minimum absolute atomic E-state index is 0.104. The van der Waals surface area contributed by atoms with Gasteiger partial charge in [0.05, 0.1) is 10.9 Å². The second-order valence-corrected chi connectivity index (χ2v) is 5.91. The second-order valence-electron chi connectivity index (χ2n) is 4.11. The zero-order valence-corrected chi connectivity index (χ0v) is 11.6. The highest BCUT2D eigenvalue weighted by molar-refractivity contribution is 7.16. The first-order valence-corrected chi connectivity index (χ1v) is 7.11. The summed E-state index contributed by atoms with van der Waals surface area (Å²) in [6, 6.07) is 12.0. The molecule has 2 aromatic rings. The van der Waals surface area contributed by atoms with Gasteiger partial charge in [-0.15, -0.1) is 11.3 Å². The van der Waals surface area contributed by atoms with Gasteiger partial charge in [0.15, 0.2) is 0 Å². The Morgan fingerprint density at radius 1 is 1.06 bits per heavy atom. The summed E-state index contributed by atoms with van der Waals surface area (Å²) in [5, 5.41) is 12.3. The fourth-order valence-electron chi connectivity index (χ4n) is 1.69. The molecule has 18 heavy (non-hydrogen) atoms. The van der Waals surface area contributed by atoms with E-state index in [4.69, 9.17) is 16.7 Å². The molecule has 0 saturated heterocycles. The van der Waals surface area contributed by atoms with Crippen LogP contribution in [0.5, 0.6) is 0 Å². The monoisotopic (exact) mass is 281 g/mol. The van der Waals surface area contributed by atoms with Gasteiger partial charge in [-0.25, -0.2) is 0 Å². The lowest BCUT2D eigenvalue weighted by Gasteiger charge is -2.04. The smallest absolute Gasteiger partial charge is 0.0931 e. The summed E-state index contributed by atoms with van der Waals surface area (Å²) in [4.78, 5) is 1.31. The maximum absolute atomic E-state index is 8.95. The number of halogens is 1. The molecule has 2 rings (SSSR count). The van der Waals surface area contributed by atoms with Crippen LogP contribution in [0, 0.1) is 0 Å². The third-order valence-electron chi connectivity index (χ3n) is 2.71. The molecule has 0 unspecified atom stereocenters. The van der Waals surface area contributed by atoms with Crippen LogP contribution in [-0.2, 0) is 19.6 Å². The Morgan fingerprint density at radius 3 is 2.39 bits per heavy atom. The first-order valence-electron chi connectivity index (χ1n) is 5.91. The van der Waals surface area contributed by atoms with E-state index in [9.17, 15) is 0 Å². The summed E-state index contributed by atoms with van der Waals surface area (Å²) in [5.41, 5.74) is 2.18. The molecule has 4 heteroatoms. The molecule has 0 radical (unpaired) electrons. The fourth-order valence-corrected chi connectivity index (χ4v) is 2.78. The number of nitrogens with one attached hydrogen (secondary N) is 1. The molecule has 2 N–H and O–H groups in total. The predicted molar refractivity (Wildman–Crippen MR) is 77.1 cm³/mol. The molecule has 0 saturated carbocycles. The summed E-state index contributed by atoms with van der Waals surface area (Å²) < 4.78 is 0.851. The number of aliphatic hydroxyl groups excluding tert-OH is 1.